The Morgan fingerprint density at radius 1 is 1.06 bits per heavy atom. The molecular weight excluding hydrogens is 643 g/mol. The number of para-hydroxylation sites is 1. The van der Waals surface area contributed by atoms with E-state index in [1.807, 2.05) is 66.5 Å². The molecule has 1 atom stereocenters. The Morgan fingerprint density at radius 3 is 2.71 bits per heavy atom. The number of fused-ring (bicyclic) bond motifs is 5. The van der Waals surface area contributed by atoms with Crippen LogP contribution in [0, 0.1) is 12.8 Å². The lowest BCUT2D eigenvalue weighted by Crippen LogP contribution is -2.47. The molecule has 6 rings (SSSR count). The number of amides is 3. The van der Waals surface area contributed by atoms with E-state index in [9.17, 15) is 19.2 Å². The van der Waals surface area contributed by atoms with E-state index in [0.717, 1.165) is 29.3 Å². The number of rotatable bonds is 7. The van der Waals surface area contributed by atoms with E-state index in [4.69, 9.17) is 4.74 Å². The first-order valence-corrected chi connectivity index (χ1v) is 18.3. The summed E-state index contributed by atoms with van der Waals surface area (Å²) in [4.78, 5) is 55.4. The van der Waals surface area contributed by atoms with E-state index in [1.165, 1.54) is 0 Å². The largest absolute Gasteiger partial charge is 0.494 e. The molecule has 3 heterocycles. The Kier molecular flexibility index (Phi) is 11.0. The molecule has 2 aliphatic rings. The Labute approximate surface area is 289 Å². The molecule has 2 N–H and O–H groups in total. The Hall–Kier alpha value is -4.65. The van der Waals surface area contributed by atoms with E-state index < -0.39 is 6.04 Å². The monoisotopic (exact) mass is 685 g/mol. The van der Waals surface area contributed by atoms with Gasteiger partial charge in [0.05, 0.1) is 19.3 Å². The smallest absolute Gasteiger partial charge is 0.252 e. The van der Waals surface area contributed by atoms with Crippen LogP contribution in [0.3, 0.4) is 0 Å². The number of Topliss-reactive ketones (excluding diaryl/α,β-unsaturated/α-hetero) is 1. The van der Waals surface area contributed by atoms with Crippen LogP contribution in [0.15, 0.2) is 54.9 Å². The number of carbonyl (C=O) groups excluding carboxylic acids is 4. The molecule has 13 heteroatoms. The first-order chi connectivity index (χ1) is 23.8. The number of ether oxygens (including phenoxy) is 1. The molecule has 2 aromatic carbocycles. The van der Waals surface area contributed by atoms with E-state index in [-0.39, 0.29) is 42.5 Å². The highest BCUT2D eigenvalue weighted by atomic mass is 32.2. The average Bonchev–Trinajstić information content (AvgIpc) is 3.76. The van der Waals surface area contributed by atoms with E-state index in [1.54, 1.807) is 27.4 Å². The molecule has 2 aromatic heterocycles. The van der Waals surface area contributed by atoms with Crippen molar-refractivity contribution in [3.63, 3.8) is 0 Å². The van der Waals surface area contributed by atoms with Gasteiger partial charge in [-0.1, -0.05) is 29.5 Å². The van der Waals surface area contributed by atoms with Crippen molar-refractivity contribution in [3.8, 4) is 5.75 Å². The minimum absolute atomic E-state index is 0.0542. The number of hydrogen-bond donors (Lipinski definition) is 2. The van der Waals surface area contributed by atoms with Gasteiger partial charge in [-0.3, -0.25) is 23.9 Å². The first kappa shape index (κ1) is 34.2. The SMILES string of the molecule is CSCC[C@@H]1NC(=O)c2cc(ccc2C)OCCCn2cc(nn2)CN(C(=O)Cn2cc(C(=O)C3CC3)c3ccccc32)CCCNC1=O. The highest BCUT2D eigenvalue weighted by Crippen LogP contribution is 2.35. The zero-order valence-electron chi connectivity index (χ0n) is 28.0. The van der Waals surface area contributed by atoms with Gasteiger partial charge < -0.3 is 24.8 Å². The van der Waals surface area contributed by atoms with Gasteiger partial charge in [-0.05, 0) is 68.4 Å². The molecule has 4 aromatic rings. The fourth-order valence-corrected chi connectivity index (χ4v) is 6.56. The number of nitrogens with zero attached hydrogens (tertiary/aromatic N) is 5. The van der Waals surface area contributed by atoms with Gasteiger partial charge in [-0.25, -0.2) is 0 Å². The van der Waals surface area contributed by atoms with E-state index in [0.29, 0.717) is 73.8 Å². The zero-order chi connectivity index (χ0) is 34.3. The Bertz CT molecular complexity index is 1830. The van der Waals surface area contributed by atoms with Crippen LogP contribution in [0.1, 0.15) is 64.1 Å². The van der Waals surface area contributed by atoms with Crippen LogP contribution in [0.2, 0.25) is 0 Å². The molecule has 0 unspecified atom stereocenters. The van der Waals surface area contributed by atoms with E-state index in [2.05, 4.69) is 20.9 Å². The average molecular weight is 686 g/mol. The fraction of sp³-hybridized carbons (Fsp3) is 0.444. The standard InChI is InChI=1S/C36H43N7O5S/c1-24-9-12-27-19-29(24)35(46)38-31(13-18-49-2)36(47)37-14-5-15-41(20-26-21-43(40-39-26)16-6-17-48-27)33(44)23-42-22-30(34(45)25-10-11-25)28-7-3-4-8-32(28)42/h3-4,7-9,12,19,21-22,25,31H,5-6,10-11,13-18,20,23H2,1-2H3,(H,37,47)(H,38,46)/t31-/m0/s1. The van der Waals surface area contributed by atoms with Crippen molar-refractivity contribution in [3.05, 3.63) is 77.2 Å². The van der Waals surface area contributed by atoms with Crippen LogP contribution >= 0.6 is 11.8 Å². The Morgan fingerprint density at radius 2 is 1.90 bits per heavy atom. The zero-order valence-corrected chi connectivity index (χ0v) is 28.8. The lowest BCUT2D eigenvalue weighted by Gasteiger charge is -2.23. The molecule has 0 saturated heterocycles. The van der Waals surface area contributed by atoms with Crippen molar-refractivity contribution in [1.82, 2.24) is 35.1 Å². The second kappa shape index (κ2) is 15.7. The maximum Gasteiger partial charge on any atom is 0.252 e. The van der Waals surface area contributed by atoms with Crippen molar-refractivity contribution in [1.29, 1.82) is 0 Å². The van der Waals surface area contributed by atoms with Crippen LogP contribution in [0.4, 0.5) is 0 Å². The summed E-state index contributed by atoms with van der Waals surface area (Å²) in [6.45, 7) is 3.80. The summed E-state index contributed by atoms with van der Waals surface area (Å²) in [7, 11) is 0. The van der Waals surface area contributed by atoms with Crippen molar-refractivity contribution in [2.24, 2.45) is 5.92 Å². The highest BCUT2D eigenvalue weighted by Gasteiger charge is 2.32. The highest BCUT2D eigenvalue weighted by molar-refractivity contribution is 7.98. The lowest BCUT2D eigenvalue weighted by molar-refractivity contribution is -0.132. The van der Waals surface area contributed by atoms with E-state index >= 15 is 0 Å². The second-order valence-electron chi connectivity index (χ2n) is 12.7. The number of hydrogen-bond acceptors (Lipinski definition) is 8. The number of benzene rings is 2. The van der Waals surface area contributed by atoms with Crippen LogP contribution in [-0.2, 0) is 29.2 Å². The van der Waals surface area contributed by atoms with Gasteiger partial charge in [0.25, 0.3) is 5.91 Å². The molecule has 1 fully saturated rings. The summed E-state index contributed by atoms with van der Waals surface area (Å²) in [5.41, 5.74) is 3.40. The maximum absolute atomic E-state index is 13.9. The van der Waals surface area contributed by atoms with Crippen LogP contribution in [0.25, 0.3) is 10.9 Å². The molecule has 0 radical (unpaired) electrons. The predicted octanol–water partition coefficient (Wildman–Crippen LogP) is 4.00. The van der Waals surface area contributed by atoms with Gasteiger partial charge in [0, 0.05) is 60.2 Å². The molecule has 49 heavy (non-hydrogen) atoms. The molecule has 1 aliphatic heterocycles. The molecule has 1 aliphatic carbocycles. The maximum atomic E-state index is 13.9. The molecule has 3 amide bonds. The second-order valence-corrected chi connectivity index (χ2v) is 13.7. The third-order valence-corrected chi connectivity index (χ3v) is 9.63. The number of carbonyl (C=O) groups is 4. The number of nitrogens with one attached hydrogen (secondary N) is 2. The number of thioether (sulfide) groups is 1. The summed E-state index contributed by atoms with van der Waals surface area (Å²) in [6, 6.07) is 12.4. The quantitative estimate of drug-likeness (QED) is 0.279. The van der Waals surface area contributed by atoms with Crippen LogP contribution in [0.5, 0.6) is 5.75 Å². The minimum atomic E-state index is -0.711. The van der Waals surface area contributed by atoms with Crippen molar-refractivity contribution in [2.75, 3.05) is 31.7 Å². The third kappa shape index (κ3) is 8.51. The topological polar surface area (TPSA) is 140 Å². The number of ketones is 1. The first-order valence-electron chi connectivity index (χ1n) is 16.9. The van der Waals surface area contributed by atoms with Crippen molar-refractivity contribution >= 4 is 46.2 Å². The number of aryl methyl sites for hydroxylation is 2. The molecule has 12 nitrogen and oxygen atoms in total. The summed E-state index contributed by atoms with van der Waals surface area (Å²) in [5, 5.41) is 15.4. The van der Waals surface area contributed by atoms with Gasteiger partial charge in [0.1, 0.15) is 24.0 Å². The van der Waals surface area contributed by atoms with Gasteiger partial charge in [-0.2, -0.15) is 11.8 Å². The predicted molar refractivity (Wildman–Crippen MR) is 188 cm³/mol. The lowest BCUT2D eigenvalue weighted by atomic mass is 10.1. The molecule has 0 spiro atoms. The minimum Gasteiger partial charge on any atom is -0.494 e. The van der Waals surface area contributed by atoms with Gasteiger partial charge >= 0.3 is 0 Å². The molecule has 1 saturated carbocycles. The van der Waals surface area contributed by atoms with Crippen molar-refractivity contribution in [2.45, 2.75) is 64.7 Å². The van der Waals surface area contributed by atoms with Gasteiger partial charge in [0.2, 0.25) is 11.8 Å². The molecular formula is C36H43N7O5S. The summed E-state index contributed by atoms with van der Waals surface area (Å²) >= 11 is 1.61. The van der Waals surface area contributed by atoms with Crippen LogP contribution in [-0.4, -0.2) is 85.7 Å². The third-order valence-electron chi connectivity index (χ3n) is 8.99. The van der Waals surface area contributed by atoms with Crippen molar-refractivity contribution < 1.29 is 23.9 Å². The summed E-state index contributed by atoms with van der Waals surface area (Å²) < 4.78 is 9.56. The molecule has 4 bridgehead atoms. The normalized spacial score (nSPS) is 18.0. The van der Waals surface area contributed by atoms with Gasteiger partial charge in [0.15, 0.2) is 5.78 Å². The Balaban J connectivity index is 1.21. The fourth-order valence-electron chi connectivity index (χ4n) is 6.09. The van der Waals surface area contributed by atoms with Crippen LogP contribution < -0.4 is 15.4 Å². The summed E-state index contributed by atoms with van der Waals surface area (Å²) in [6.07, 6.45) is 9.05. The summed E-state index contributed by atoms with van der Waals surface area (Å²) in [5.74, 6) is 0.748. The number of aromatic nitrogens is 4. The molecule has 258 valence electrons. The van der Waals surface area contributed by atoms with Gasteiger partial charge in [-0.15, -0.1) is 5.10 Å².